The van der Waals surface area contributed by atoms with Gasteiger partial charge < -0.3 is 20.4 Å². The largest absolute Gasteiger partial charge is 0.481 e. The van der Waals surface area contributed by atoms with Crippen LogP contribution in [0, 0.1) is 24.7 Å². The summed E-state index contributed by atoms with van der Waals surface area (Å²) >= 11 is 0. The highest BCUT2D eigenvalue weighted by Crippen LogP contribution is 2.22. The van der Waals surface area contributed by atoms with Crippen molar-refractivity contribution in [3.63, 3.8) is 0 Å². The number of hydrogen-bond donors (Lipinski definition) is 4. The quantitative estimate of drug-likeness (QED) is 0.435. The SMILES string of the molecule is [CH2]C(CC(C(=O)O)C(C(=O)O)C(=O)O)C(=O)O. The van der Waals surface area contributed by atoms with Gasteiger partial charge in [0, 0.05) is 0 Å². The lowest BCUT2D eigenvalue weighted by atomic mass is 9.85. The van der Waals surface area contributed by atoms with E-state index in [4.69, 9.17) is 20.4 Å². The maximum Gasteiger partial charge on any atom is 0.318 e. The van der Waals surface area contributed by atoms with E-state index in [1.807, 2.05) is 0 Å². The van der Waals surface area contributed by atoms with Gasteiger partial charge in [-0.15, -0.1) is 0 Å². The Hall–Kier alpha value is -2.12. The lowest BCUT2D eigenvalue weighted by Crippen LogP contribution is -2.37. The average molecular weight is 247 g/mol. The molecule has 2 unspecified atom stereocenters. The summed E-state index contributed by atoms with van der Waals surface area (Å²) < 4.78 is 0. The topological polar surface area (TPSA) is 149 Å². The molecule has 0 saturated heterocycles. The first-order valence-corrected chi connectivity index (χ1v) is 4.42. The second-order valence-electron chi connectivity index (χ2n) is 3.37. The molecule has 0 aromatic heterocycles. The molecule has 0 heterocycles. The Labute approximate surface area is 95.5 Å². The van der Waals surface area contributed by atoms with Crippen molar-refractivity contribution in [2.45, 2.75) is 6.42 Å². The molecule has 0 fully saturated rings. The number of carbonyl (C=O) groups is 4. The maximum atomic E-state index is 10.8. The van der Waals surface area contributed by atoms with Gasteiger partial charge in [-0.1, -0.05) is 0 Å². The van der Waals surface area contributed by atoms with Crippen molar-refractivity contribution in [1.29, 1.82) is 0 Å². The highest BCUT2D eigenvalue weighted by molar-refractivity contribution is 5.97. The average Bonchev–Trinajstić information content (AvgIpc) is 2.14. The summed E-state index contributed by atoms with van der Waals surface area (Å²) in [4.78, 5) is 42.5. The van der Waals surface area contributed by atoms with E-state index in [1.54, 1.807) is 0 Å². The second-order valence-corrected chi connectivity index (χ2v) is 3.37. The fraction of sp³-hybridized carbons (Fsp3) is 0.444. The van der Waals surface area contributed by atoms with Crippen molar-refractivity contribution in [3.05, 3.63) is 6.92 Å². The fourth-order valence-electron chi connectivity index (χ4n) is 1.24. The Morgan fingerprint density at radius 3 is 1.47 bits per heavy atom. The molecule has 0 bridgehead atoms. The van der Waals surface area contributed by atoms with Crippen molar-refractivity contribution in [1.82, 2.24) is 0 Å². The van der Waals surface area contributed by atoms with Crippen LogP contribution in [0.2, 0.25) is 0 Å². The first-order chi connectivity index (χ1) is 7.68. The van der Waals surface area contributed by atoms with E-state index in [0.717, 1.165) is 0 Å². The van der Waals surface area contributed by atoms with Gasteiger partial charge in [0.05, 0.1) is 11.8 Å². The van der Waals surface area contributed by atoms with Crippen LogP contribution in [0.4, 0.5) is 0 Å². The third-order valence-electron chi connectivity index (χ3n) is 2.14. The summed E-state index contributed by atoms with van der Waals surface area (Å²) in [7, 11) is 0. The van der Waals surface area contributed by atoms with E-state index in [9.17, 15) is 19.2 Å². The zero-order valence-corrected chi connectivity index (χ0v) is 8.57. The lowest BCUT2D eigenvalue weighted by molar-refractivity contribution is -0.165. The van der Waals surface area contributed by atoms with Crippen LogP contribution in [0.5, 0.6) is 0 Å². The van der Waals surface area contributed by atoms with Crippen molar-refractivity contribution >= 4 is 23.9 Å². The Balaban J connectivity index is 5.07. The predicted molar refractivity (Wildman–Crippen MR) is 51.0 cm³/mol. The van der Waals surface area contributed by atoms with Crippen LogP contribution in [0.15, 0.2) is 0 Å². The van der Waals surface area contributed by atoms with E-state index in [-0.39, 0.29) is 0 Å². The summed E-state index contributed by atoms with van der Waals surface area (Å²) in [6.07, 6.45) is -0.673. The summed E-state index contributed by atoms with van der Waals surface area (Å²) in [6.45, 7) is 3.11. The molecule has 0 aliphatic rings. The molecule has 95 valence electrons. The molecule has 8 nitrogen and oxygen atoms in total. The minimum atomic E-state index is -2.20. The third-order valence-corrected chi connectivity index (χ3v) is 2.14. The van der Waals surface area contributed by atoms with Gasteiger partial charge in [0.15, 0.2) is 5.92 Å². The molecule has 0 aliphatic heterocycles. The van der Waals surface area contributed by atoms with Crippen molar-refractivity contribution in [2.24, 2.45) is 17.8 Å². The molecule has 0 aliphatic carbocycles. The second kappa shape index (κ2) is 5.83. The van der Waals surface area contributed by atoms with Gasteiger partial charge >= 0.3 is 23.9 Å². The number of hydrogen-bond acceptors (Lipinski definition) is 4. The van der Waals surface area contributed by atoms with Crippen molar-refractivity contribution in [3.8, 4) is 0 Å². The molecule has 0 amide bonds. The van der Waals surface area contributed by atoms with Crippen LogP contribution >= 0.6 is 0 Å². The molecule has 4 N–H and O–H groups in total. The number of rotatable bonds is 7. The third kappa shape index (κ3) is 4.09. The molecular formula is C9H11O8. The standard InChI is InChI=1S/C9H11O8/c1-3(6(10)11)2-4(7(12)13)5(8(14)15)9(16)17/h3-5H,1-2H2,(H,10,11)(H,12,13)(H,14,15)(H,16,17). The number of carboxylic acids is 4. The normalized spacial score (nSPS) is 14.0. The highest BCUT2D eigenvalue weighted by atomic mass is 16.4. The van der Waals surface area contributed by atoms with E-state index < -0.39 is 48.1 Å². The van der Waals surface area contributed by atoms with Crippen molar-refractivity contribution in [2.75, 3.05) is 0 Å². The first-order valence-electron chi connectivity index (χ1n) is 4.42. The van der Waals surface area contributed by atoms with E-state index >= 15 is 0 Å². The molecular weight excluding hydrogens is 236 g/mol. The van der Waals surface area contributed by atoms with E-state index in [0.29, 0.717) is 0 Å². The zero-order valence-electron chi connectivity index (χ0n) is 8.57. The zero-order chi connectivity index (χ0) is 13.7. The van der Waals surface area contributed by atoms with Gasteiger partial charge in [-0.05, 0) is 13.3 Å². The summed E-state index contributed by atoms with van der Waals surface area (Å²) in [5.74, 6) is -12.2. The molecule has 17 heavy (non-hydrogen) atoms. The Morgan fingerprint density at radius 2 is 1.24 bits per heavy atom. The van der Waals surface area contributed by atoms with Crippen LogP contribution in [-0.4, -0.2) is 44.3 Å². The van der Waals surface area contributed by atoms with Gasteiger partial charge in [-0.2, -0.15) is 0 Å². The molecule has 2 atom stereocenters. The molecule has 0 aromatic rings. The van der Waals surface area contributed by atoms with Crippen LogP contribution < -0.4 is 0 Å². The minimum Gasteiger partial charge on any atom is -0.481 e. The van der Waals surface area contributed by atoms with E-state index in [2.05, 4.69) is 6.92 Å². The Morgan fingerprint density at radius 1 is 0.824 bits per heavy atom. The minimum absolute atomic E-state index is 0.673. The van der Waals surface area contributed by atoms with Gasteiger partial charge in [0.2, 0.25) is 0 Å². The Bertz CT molecular complexity index is 333. The smallest absolute Gasteiger partial charge is 0.318 e. The molecule has 0 saturated carbocycles. The summed E-state index contributed by atoms with van der Waals surface area (Å²) in [6, 6.07) is 0. The van der Waals surface area contributed by atoms with Crippen LogP contribution in [0.25, 0.3) is 0 Å². The summed E-state index contributed by atoms with van der Waals surface area (Å²) in [5.41, 5.74) is 0. The fourth-order valence-corrected chi connectivity index (χ4v) is 1.24. The summed E-state index contributed by atoms with van der Waals surface area (Å²) in [5, 5.41) is 34.5. The molecule has 0 aromatic carbocycles. The Kier molecular flexibility index (Phi) is 5.10. The van der Waals surface area contributed by atoms with E-state index in [1.165, 1.54) is 0 Å². The molecule has 0 rings (SSSR count). The molecule has 0 spiro atoms. The van der Waals surface area contributed by atoms with Gasteiger partial charge in [0.1, 0.15) is 0 Å². The van der Waals surface area contributed by atoms with Gasteiger partial charge in [-0.25, -0.2) is 0 Å². The van der Waals surface area contributed by atoms with Crippen LogP contribution in [0.3, 0.4) is 0 Å². The number of carboxylic acid groups (broad SMARTS) is 4. The predicted octanol–water partition coefficient (Wildman–Crippen LogP) is -0.602. The maximum absolute atomic E-state index is 10.8. The van der Waals surface area contributed by atoms with Crippen LogP contribution in [0.1, 0.15) is 6.42 Å². The van der Waals surface area contributed by atoms with Crippen LogP contribution in [-0.2, 0) is 19.2 Å². The lowest BCUT2D eigenvalue weighted by Gasteiger charge is -2.18. The van der Waals surface area contributed by atoms with Gasteiger partial charge in [0.25, 0.3) is 0 Å². The first kappa shape index (κ1) is 14.9. The molecule has 8 heteroatoms. The van der Waals surface area contributed by atoms with Gasteiger partial charge in [-0.3, -0.25) is 19.2 Å². The highest BCUT2D eigenvalue weighted by Gasteiger charge is 2.41. The number of aliphatic carboxylic acids is 4. The monoisotopic (exact) mass is 247 g/mol. The van der Waals surface area contributed by atoms with Crippen molar-refractivity contribution < 1.29 is 39.6 Å². The molecule has 1 radical (unpaired) electrons.